The number of aromatic nitrogens is 1. The van der Waals surface area contributed by atoms with Gasteiger partial charge in [-0.3, -0.25) is 4.79 Å². The lowest BCUT2D eigenvalue weighted by Crippen LogP contribution is -2.25. The van der Waals surface area contributed by atoms with E-state index < -0.39 is 0 Å². The minimum absolute atomic E-state index is 0.0236. The maximum atomic E-state index is 12.4. The highest BCUT2D eigenvalue weighted by atomic mass is 32.1. The number of nitrogens with two attached hydrogens (primary N) is 1. The van der Waals surface area contributed by atoms with Crippen LogP contribution in [0.4, 0.5) is 5.69 Å². The highest BCUT2D eigenvalue weighted by molar-refractivity contribution is 7.13. The lowest BCUT2D eigenvalue weighted by Gasteiger charge is -2.16. The van der Waals surface area contributed by atoms with Crippen LogP contribution >= 0.6 is 11.3 Å². The Labute approximate surface area is 116 Å². The molecule has 0 fully saturated rings. The van der Waals surface area contributed by atoms with Crippen molar-refractivity contribution in [1.82, 2.24) is 4.98 Å². The Bertz CT molecular complexity index is 565. The first-order valence-electron chi connectivity index (χ1n) is 6.13. The largest absolute Gasteiger partial charge is 0.330 e. The molecule has 100 valence electrons. The van der Waals surface area contributed by atoms with Crippen molar-refractivity contribution in [2.24, 2.45) is 5.73 Å². The van der Waals surface area contributed by atoms with Gasteiger partial charge < -0.3 is 10.6 Å². The molecular formula is C14H17N3OS. The van der Waals surface area contributed by atoms with Gasteiger partial charge in [0.05, 0.1) is 10.7 Å². The summed E-state index contributed by atoms with van der Waals surface area (Å²) in [7, 11) is 1.78. The van der Waals surface area contributed by atoms with E-state index in [0.29, 0.717) is 17.8 Å². The van der Waals surface area contributed by atoms with Crippen LogP contribution in [0.15, 0.2) is 30.3 Å². The molecule has 4 nitrogen and oxygen atoms in total. The van der Waals surface area contributed by atoms with E-state index in [1.54, 1.807) is 11.9 Å². The number of aryl methyl sites for hydroxylation is 1. The van der Waals surface area contributed by atoms with Gasteiger partial charge in [0, 0.05) is 19.2 Å². The number of amides is 1. The van der Waals surface area contributed by atoms with Crippen molar-refractivity contribution in [1.29, 1.82) is 0 Å². The Morgan fingerprint density at radius 3 is 2.68 bits per heavy atom. The molecule has 2 rings (SSSR count). The number of rotatable bonds is 4. The zero-order valence-corrected chi connectivity index (χ0v) is 11.9. The number of hydrogen-bond acceptors (Lipinski definition) is 4. The van der Waals surface area contributed by atoms with Gasteiger partial charge in [-0.2, -0.15) is 0 Å². The van der Waals surface area contributed by atoms with Gasteiger partial charge in [-0.1, -0.05) is 18.2 Å². The average Bonchev–Trinajstić information content (AvgIpc) is 2.79. The van der Waals surface area contributed by atoms with Gasteiger partial charge in [-0.25, -0.2) is 4.98 Å². The summed E-state index contributed by atoms with van der Waals surface area (Å²) >= 11 is 1.43. The number of para-hydroxylation sites is 1. The molecule has 0 atom stereocenters. The predicted molar refractivity (Wildman–Crippen MR) is 78.8 cm³/mol. The molecule has 0 aliphatic carbocycles. The third-order valence-electron chi connectivity index (χ3n) is 2.84. The number of thiazole rings is 1. The van der Waals surface area contributed by atoms with E-state index in [2.05, 4.69) is 4.98 Å². The van der Waals surface area contributed by atoms with E-state index in [-0.39, 0.29) is 5.91 Å². The minimum Gasteiger partial charge on any atom is -0.330 e. The third-order valence-corrected chi connectivity index (χ3v) is 4.05. The van der Waals surface area contributed by atoms with Crippen LogP contribution in [0.25, 0.3) is 0 Å². The minimum atomic E-state index is -0.0236. The van der Waals surface area contributed by atoms with Crippen molar-refractivity contribution >= 4 is 22.9 Å². The van der Waals surface area contributed by atoms with E-state index in [1.807, 2.05) is 37.3 Å². The molecule has 0 aliphatic rings. The van der Waals surface area contributed by atoms with Gasteiger partial charge in [0.15, 0.2) is 0 Å². The fourth-order valence-electron chi connectivity index (χ4n) is 1.80. The van der Waals surface area contributed by atoms with Crippen molar-refractivity contribution in [3.8, 4) is 0 Å². The maximum Gasteiger partial charge on any atom is 0.270 e. The predicted octanol–water partition coefficient (Wildman–Crippen LogP) is 2.23. The van der Waals surface area contributed by atoms with Crippen LogP contribution < -0.4 is 10.6 Å². The molecule has 0 spiro atoms. The van der Waals surface area contributed by atoms with Gasteiger partial charge in [0.1, 0.15) is 4.88 Å². The standard InChI is InChI=1S/C14H17N3OS/c1-10-13(19-12(16-10)8-9-15)14(18)17(2)11-6-4-3-5-7-11/h3-7H,8-9,15H2,1-2H3. The number of hydrogen-bond donors (Lipinski definition) is 1. The van der Waals surface area contributed by atoms with Gasteiger partial charge in [0.2, 0.25) is 0 Å². The van der Waals surface area contributed by atoms with E-state index >= 15 is 0 Å². The average molecular weight is 275 g/mol. The summed E-state index contributed by atoms with van der Waals surface area (Å²) in [5.41, 5.74) is 7.17. The molecule has 0 aliphatic heterocycles. The van der Waals surface area contributed by atoms with Crippen LogP contribution in [0.3, 0.4) is 0 Å². The fraction of sp³-hybridized carbons (Fsp3) is 0.286. The Balaban J connectivity index is 2.24. The zero-order chi connectivity index (χ0) is 13.8. The molecular weight excluding hydrogens is 258 g/mol. The molecule has 0 saturated carbocycles. The Morgan fingerprint density at radius 2 is 2.05 bits per heavy atom. The third kappa shape index (κ3) is 3.00. The van der Waals surface area contributed by atoms with Crippen molar-refractivity contribution in [2.45, 2.75) is 13.3 Å². The summed E-state index contributed by atoms with van der Waals surface area (Å²) in [6.45, 7) is 2.41. The molecule has 19 heavy (non-hydrogen) atoms. The Morgan fingerprint density at radius 1 is 1.37 bits per heavy atom. The second-order valence-electron chi connectivity index (χ2n) is 4.26. The van der Waals surface area contributed by atoms with Crippen LogP contribution in [0.1, 0.15) is 20.4 Å². The molecule has 0 bridgehead atoms. The van der Waals surface area contributed by atoms with Crippen molar-refractivity contribution < 1.29 is 4.79 Å². The summed E-state index contributed by atoms with van der Waals surface area (Å²) in [6.07, 6.45) is 0.716. The topological polar surface area (TPSA) is 59.2 Å². The lowest BCUT2D eigenvalue weighted by atomic mass is 10.2. The van der Waals surface area contributed by atoms with Crippen LogP contribution in [-0.2, 0) is 6.42 Å². The van der Waals surface area contributed by atoms with Crippen LogP contribution in [0.5, 0.6) is 0 Å². The summed E-state index contributed by atoms with van der Waals surface area (Å²) < 4.78 is 0. The highest BCUT2D eigenvalue weighted by Gasteiger charge is 2.19. The normalized spacial score (nSPS) is 10.5. The quantitative estimate of drug-likeness (QED) is 0.931. The molecule has 0 radical (unpaired) electrons. The molecule has 5 heteroatoms. The molecule has 0 unspecified atom stereocenters. The molecule has 2 aromatic rings. The number of nitrogens with zero attached hydrogens (tertiary/aromatic N) is 2. The first-order valence-corrected chi connectivity index (χ1v) is 6.94. The molecule has 1 amide bonds. The van der Waals surface area contributed by atoms with Crippen molar-refractivity contribution in [3.63, 3.8) is 0 Å². The number of carbonyl (C=O) groups is 1. The van der Waals surface area contributed by atoms with Crippen molar-refractivity contribution in [3.05, 3.63) is 45.9 Å². The van der Waals surface area contributed by atoms with Gasteiger partial charge in [-0.05, 0) is 25.6 Å². The summed E-state index contributed by atoms with van der Waals surface area (Å²) in [5.74, 6) is -0.0236. The molecule has 0 saturated heterocycles. The number of benzene rings is 1. The highest BCUT2D eigenvalue weighted by Crippen LogP contribution is 2.22. The Kier molecular flexibility index (Phi) is 4.29. The van der Waals surface area contributed by atoms with Crippen LogP contribution in [-0.4, -0.2) is 24.5 Å². The fourth-order valence-corrected chi connectivity index (χ4v) is 2.86. The first kappa shape index (κ1) is 13.7. The Hall–Kier alpha value is -1.72. The van der Waals surface area contributed by atoms with Crippen LogP contribution in [0.2, 0.25) is 0 Å². The summed E-state index contributed by atoms with van der Waals surface area (Å²) in [4.78, 5) is 19.2. The SMILES string of the molecule is Cc1nc(CCN)sc1C(=O)N(C)c1ccccc1. The van der Waals surface area contributed by atoms with E-state index in [1.165, 1.54) is 11.3 Å². The second-order valence-corrected chi connectivity index (χ2v) is 5.34. The van der Waals surface area contributed by atoms with Gasteiger partial charge in [-0.15, -0.1) is 11.3 Å². The smallest absolute Gasteiger partial charge is 0.270 e. The monoisotopic (exact) mass is 275 g/mol. The van der Waals surface area contributed by atoms with Gasteiger partial charge >= 0.3 is 0 Å². The van der Waals surface area contributed by atoms with E-state index in [0.717, 1.165) is 16.4 Å². The summed E-state index contributed by atoms with van der Waals surface area (Å²) in [6, 6.07) is 9.58. The molecule has 1 aromatic carbocycles. The van der Waals surface area contributed by atoms with Gasteiger partial charge in [0.25, 0.3) is 5.91 Å². The molecule has 1 heterocycles. The van der Waals surface area contributed by atoms with E-state index in [4.69, 9.17) is 5.73 Å². The first-order chi connectivity index (χ1) is 9.13. The molecule has 2 N–H and O–H groups in total. The van der Waals surface area contributed by atoms with Crippen LogP contribution in [0, 0.1) is 6.92 Å². The summed E-state index contributed by atoms with van der Waals surface area (Å²) in [5, 5.41) is 0.921. The number of carbonyl (C=O) groups excluding carboxylic acids is 1. The van der Waals surface area contributed by atoms with E-state index in [9.17, 15) is 4.79 Å². The lowest BCUT2D eigenvalue weighted by molar-refractivity contribution is 0.0996. The maximum absolute atomic E-state index is 12.4. The number of anilines is 1. The molecule has 1 aromatic heterocycles. The second kappa shape index (κ2) is 5.95. The van der Waals surface area contributed by atoms with Crippen molar-refractivity contribution in [2.75, 3.05) is 18.5 Å². The zero-order valence-electron chi connectivity index (χ0n) is 11.1.